The van der Waals surface area contributed by atoms with Gasteiger partial charge in [0.05, 0.1) is 0 Å². The highest BCUT2D eigenvalue weighted by Gasteiger charge is 2.44. The normalized spacial score (nSPS) is 14.8. The number of nitrogens with one attached hydrogen (secondary N) is 2. The number of rotatable bonds is 9. The third-order valence-electron chi connectivity index (χ3n) is 5.46. The van der Waals surface area contributed by atoms with Crippen LogP contribution in [-0.4, -0.2) is 55.0 Å². The first-order chi connectivity index (χ1) is 14.5. The molecule has 0 aliphatic heterocycles. The van der Waals surface area contributed by atoms with Gasteiger partial charge in [-0.05, 0) is 49.6 Å². The van der Waals surface area contributed by atoms with Crippen molar-refractivity contribution in [3.05, 3.63) is 64.9 Å². The highest BCUT2D eigenvalue weighted by atomic mass is 35.5. The Labute approximate surface area is 183 Å². The molecule has 1 heterocycles. The number of carbonyl (C=O) groups is 1. The molecule has 1 aliphatic rings. The van der Waals surface area contributed by atoms with Crippen LogP contribution >= 0.6 is 11.6 Å². The van der Waals surface area contributed by atoms with Crippen molar-refractivity contribution < 1.29 is 4.79 Å². The Morgan fingerprint density at radius 3 is 2.73 bits per heavy atom. The summed E-state index contributed by atoms with van der Waals surface area (Å²) in [7, 11) is 1.81. The molecule has 0 saturated heterocycles. The summed E-state index contributed by atoms with van der Waals surface area (Å²) in [5, 5.41) is 7.40. The molecule has 2 N–H and O–H groups in total. The molecule has 0 radical (unpaired) electrons. The molecule has 0 unspecified atom stereocenters. The molecule has 160 valence electrons. The van der Waals surface area contributed by atoms with E-state index in [0.29, 0.717) is 12.5 Å². The molecule has 1 fully saturated rings. The van der Waals surface area contributed by atoms with Crippen LogP contribution in [0.5, 0.6) is 0 Å². The van der Waals surface area contributed by atoms with Crippen LogP contribution in [0.2, 0.25) is 5.02 Å². The summed E-state index contributed by atoms with van der Waals surface area (Å²) >= 11 is 6.17. The lowest BCUT2D eigenvalue weighted by molar-refractivity contribution is -0.128. The molecule has 0 atom stereocenters. The van der Waals surface area contributed by atoms with Crippen molar-refractivity contribution in [2.75, 3.05) is 33.2 Å². The van der Waals surface area contributed by atoms with E-state index < -0.39 is 0 Å². The van der Waals surface area contributed by atoms with E-state index in [1.807, 2.05) is 43.3 Å². The molecule has 1 amide bonds. The lowest BCUT2D eigenvalue weighted by Gasteiger charge is -2.20. The van der Waals surface area contributed by atoms with E-state index >= 15 is 0 Å². The summed E-state index contributed by atoms with van der Waals surface area (Å²) in [4.78, 5) is 23.0. The second kappa shape index (κ2) is 10.4. The molecule has 1 aromatic heterocycles. The van der Waals surface area contributed by atoms with Gasteiger partial charge in [0.15, 0.2) is 5.96 Å². The Morgan fingerprint density at radius 1 is 1.23 bits per heavy atom. The van der Waals surface area contributed by atoms with Crippen LogP contribution in [0, 0.1) is 0 Å². The maximum Gasteiger partial charge on any atom is 0.244 e. The van der Waals surface area contributed by atoms with E-state index in [-0.39, 0.29) is 17.9 Å². The molecule has 2 aromatic rings. The first-order valence-corrected chi connectivity index (χ1v) is 10.8. The lowest BCUT2D eigenvalue weighted by Crippen LogP contribution is -2.42. The number of hydrogen-bond donors (Lipinski definition) is 2. The number of guanidine groups is 1. The van der Waals surface area contributed by atoms with Gasteiger partial charge in [0, 0.05) is 55.4 Å². The van der Waals surface area contributed by atoms with Crippen LogP contribution < -0.4 is 10.6 Å². The Kier molecular flexibility index (Phi) is 7.69. The van der Waals surface area contributed by atoms with Gasteiger partial charge in [-0.25, -0.2) is 4.99 Å². The first-order valence-electron chi connectivity index (χ1n) is 10.4. The van der Waals surface area contributed by atoms with Crippen LogP contribution in [0.1, 0.15) is 31.0 Å². The Balaban J connectivity index is 1.52. The minimum atomic E-state index is -0.0147. The number of likely N-dealkylation sites (N-methyl/N-ethyl adjacent to an activating group) is 1. The molecular weight excluding hydrogens is 398 g/mol. The van der Waals surface area contributed by atoms with E-state index in [1.54, 1.807) is 18.1 Å². The number of pyridine rings is 1. The highest BCUT2D eigenvalue weighted by molar-refractivity contribution is 6.30. The number of nitrogens with zero attached hydrogens (tertiary/aromatic N) is 3. The zero-order valence-corrected chi connectivity index (χ0v) is 18.5. The van der Waals surface area contributed by atoms with Crippen LogP contribution in [0.15, 0.2) is 53.7 Å². The summed E-state index contributed by atoms with van der Waals surface area (Å²) < 4.78 is 0. The van der Waals surface area contributed by atoms with Crippen molar-refractivity contribution in [1.29, 1.82) is 0 Å². The second-order valence-electron chi connectivity index (χ2n) is 7.73. The SMILES string of the molecule is CCNC(=NCC(=O)N(C)CCc1ccccn1)NCC1(c2cccc(Cl)c2)CC1. The van der Waals surface area contributed by atoms with Gasteiger partial charge in [-0.2, -0.15) is 0 Å². The molecular formula is C23H30ClN5O. The largest absolute Gasteiger partial charge is 0.357 e. The van der Waals surface area contributed by atoms with Crippen molar-refractivity contribution in [2.45, 2.75) is 31.6 Å². The third-order valence-corrected chi connectivity index (χ3v) is 5.69. The molecule has 1 aliphatic carbocycles. The average Bonchev–Trinajstić information content (AvgIpc) is 3.55. The van der Waals surface area contributed by atoms with E-state index in [0.717, 1.165) is 43.1 Å². The van der Waals surface area contributed by atoms with Gasteiger partial charge in [0.25, 0.3) is 0 Å². The van der Waals surface area contributed by atoms with Crippen LogP contribution in [0.25, 0.3) is 0 Å². The smallest absolute Gasteiger partial charge is 0.244 e. The summed E-state index contributed by atoms with van der Waals surface area (Å²) in [6.07, 6.45) is 4.74. The number of amides is 1. The Morgan fingerprint density at radius 2 is 2.07 bits per heavy atom. The Hall–Kier alpha value is -2.60. The predicted octanol–water partition coefficient (Wildman–Crippen LogP) is 3.02. The predicted molar refractivity (Wildman–Crippen MR) is 122 cm³/mol. The van der Waals surface area contributed by atoms with Crippen molar-refractivity contribution in [2.24, 2.45) is 4.99 Å². The van der Waals surface area contributed by atoms with E-state index in [4.69, 9.17) is 11.6 Å². The van der Waals surface area contributed by atoms with Gasteiger partial charge in [-0.1, -0.05) is 29.8 Å². The lowest BCUT2D eigenvalue weighted by atomic mass is 9.96. The van der Waals surface area contributed by atoms with Gasteiger partial charge in [-0.3, -0.25) is 9.78 Å². The van der Waals surface area contributed by atoms with Gasteiger partial charge >= 0.3 is 0 Å². The maximum absolute atomic E-state index is 12.5. The van der Waals surface area contributed by atoms with Crippen molar-refractivity contribution in [1.82, 2.24) is 20.5 Å². The molecule has 1 aromatic carbocycles. The molecule has 3 rings (SSSR count). The fraction of sp³-hybridized carbons (Fsp3) is 0.435. The van der Waals surface area contributed by atoms with Crippen LogP contribution in [-0.2, 0) is 16.6 Å². The number of aromatic nitrogens is 1. The van der Waals surface area contributed by atoms with E-state index in [1.165, 1.54) is 5.56 Å². The number of benzene rings is 1. The van der Waals surface area contributed by atoms with Gasteiger partial charge in [0.2, 0.25) is 5.91 Å². The fourth-order valence-electron chi connectivity index (χ4n) is 3.35. The second-order valence-corrected chi connectivity index (χ2v) is 8.16. The topological polar surface area (TPSA) is 69.6 Å². The van der Waals surface area contributed by atoms with E-state index in [9.17, 15) is 4.79 Å². The number of carbonyl (C=O) groups excluding carboxylic acids is 1. The standard InChI is InChI=1S/C23H30ClN5O/c1-3-25-22(28-17-23(11-12-23)18-7-6-8-19(24)15-18)27-16-21(30)29(2)14-10-20-9-4-5-13-26-20/h4-9,13,15H,3,10-12,14,16-17H2,1-2H3,(H2,25,27,28). The summed E-state index contributed by atoms with van der Waals surface area (Å²) in [6, 6.07) is 13.9. The van der Waals surface area contributed by atoms with Crippen molar-refractivity contribution in [3.63, 3.8) is 0 Å². The van der Waals surface area contributed by atoms with Crippen LogP contribution in [0.4, 0.5) is 0 Å². The highest BCUT2D eigenvalue weighted by Crippen LogP contribution is 2.48. The minimum Gasteiger partial charge on any atom is -0.357 e. The van der Waals surface area contributed by atoms with Gasteiger partial charge < -0.3 is 15.5 Å². The number of hydrogen-bond acceptors (Lipinski definition) is 3. The monoisotopic (exact) mass is 427 g/mol. The molecule has 6 nitrogen and oxygen atoms in total. The van der Waals surface area contributed by atoms with Gasteiger partial charge in [-0.15, -0.1) is 0 Å². The van der Waals surface area contributed by atoms with Crippen molar-refractivity contribution in [3.8, 4) is 0 Å². The summed E-state index contributed by atoms with van der Waals surface area (Å²) in [5.41, 5.74) is 2.33. The quantitative estimate of drug-likeness (QED) is 0.476. The molecule has 1 saturated carbocycles. The maximum atomic E-state index is 12.5. The number of aliphatic imine (C=N–C) groups is 1. The zero-order chi connectivity index (χ0) is 21.4. The van der Waals surface area contributed by atoms with Crippen molar-refractivity contribution >= 4 is 23.5 Å². The molecule has 0 spiro atoms. The van der Waals surface area contributed by atoms with Gasteiger partial charge in [0.1, 0.15) is 6.54 Å². The molecule has 7 heteroatoms. The first kappa shape index (κ1) is 22.1. The minimum absolute atomic E-state index is 0.0147. The average molecular weight is 428 g/mol. The van der Waals surface area contributed by atoms with E-state index in [2.05, 4.69) is 26.7 Å². The summed E-state index contributed by atoms with van der Waals surface area (Å²) in [6.45, 7) is 4.25. The van der Waals surface area contributed by atoms with Crippen LogP contribution in [0.3, 0.4) is 0 Å². The fourth-order valence-corrected chi connectivity index (χ4v) is 3.54. The number of halogens is 1. The molecule has 0 bridgehead atoms. The summed E-state index contributed by atoms with van der Waals surface area (Å²) in [5.74, 6) is 0.649. The molecule has 30 heavy (non-hydrogen) atoms. The Bertz CT molecular complexity index is 867. The third kappa shape index (κ3) is 6.20. The zero-order valence-electron chi connectivity index (χ0n) is 17.7.